The highest BCUT2D eigenvalue weighted by Crippen LogP contribution is 2.37. The highest BCUT2D eigenvalue weighted by Gasteiger charge is 2.31. The summed E-state index contributed by atoms with van der Waals surface area (Å²) in [5.74, 6) is -0.0354. The zero-order valence-corrected chi connectivity index (χ0v) is 13.8. The average molecular weight is 335 g/mol. The summed E-state index contributed by atoms with van der Waals surface area (Å²) in [5.41, 5.74) is 0.476. The minimum Gasteiger partial charge on any atom is -0.477 e. The largest absolute Gasteiger partial charge is 0.477 e. The first-order valence-corrected chi connectivity index (χ1v) is 9.49. The van der Waals surface area contributed by atoms with Crippen LogP contribution in [0.3, 0.4) is 0 Å². The summed E-state index contributed by atoms with van der Waals surface area (Å²) in [6.45, 7) is 4.03. The Morgan fingerprint density at radius 1 is 1.55 bits per heavy atom. The molecule has 2 N–H and O–H groups in total. The van der Waals surface area contributed by atoms with Gasteiger partial charge in [0.25, 0.3) is 0 Å². The molecule has 0 aliphatic carbocycles. The van der Waals surface area contributed by atoms with Crippen LogP contribution in [0.25, 0.3) is 0 Å². The Hall–Kier alpha value is -0.570. The standard InChI is InChI=1S/C12H17NO4S3/c1-8-6-9(19-10(8)11(14)15)20(16,17)13-7-12(2)4-3-5-18-12/h6,13H,3-5,7H2,1-2H3,(H,14,15). The number of aromatic carboxylic acids is 1. The van der Waals surface area contributed by atoms with Gasteiger partial charge in [-0.1, -0.05) is 0 Å². The van der Waals surface area contributed by atoms with Crippen molar-refractivity contribution in [2.45, 2.75) is 35.6 Å². The van der Waals surface area contributed by atoms with Gasteiger partial charge in [-0.15, -0.1) is 11.3 Å². The van der Waals surface area contributed by atoms with Crippen LogP contribution < -0.4 is 4.72 Å². The maximum absolute atomic E-state index is 12.2. The van der Waals surface area contributed by atoms with E-state index in [4.69, 9.17) is 5.11 Å². The van der Waals surface area contributed by atoms with E-state index in [-0.39, 0.29) is 13.8 Å². The Morgan fingerprint density at radius 3 is 2.75 bits per heavy atom. The van der Waals surface area contributed by atoms with Gasteiger partial charge in [0.2, 0.25) is 10.0 Å². The molecular weight excluding hydrogens is 318 g/mol. The van der Waals surface area contributed by atoms with Crippen molar-refractivity contribution in [1.82, 2.24) is 4.72 Å². The van der Waals surface area contributed by atoms with Gasteiger partial charge in [0, 0.05) is 11.3 Å². The first-order chi connectivity index (χ1) is 9.23. The summed E-state index contributed by atoms with van der Waals surface area (Å²) < 4.78 is 27.0. The third-order valence-electron chi connectivity index (χ3n) is 3.29. The van der Waals surface area contributed by atoms with Crippen LogP contribution in [-0.2, 0) is 10.0 Å². The second-order valence-corrected chi connectivity index (χ2v) is 9.84. The maximum Gasteiger partial charge on any atom is 0.346 e. The van der Waals surface area contributed by atoms with Crippen LogP contribution in [0.4, 0.5) is 0 Å². The number of carbonyl (C=O) groups is 1. The second-order valence-electron chi connectivity index (χ2n) is 5.11. The van der Waals surface area contributed by atoms with E-state index in [1.165, 1.54) is 6.07 Å². The molecule has 0 aromatic carbocycles. The van der Waals surface area contributed by atoms with Crippen molar-refractivity contribution in [2.24, 2.45) is 0 Å². The van der Waals surface area contributed by atoms with Gasteiger partial charge in [-0.05, 0) is 44.1 Å². The average Bonchev–Trinajstić information content (AvgIpc) is 2.94. The predicted octanol–water partition coefficient (Wildman–Crippen LogP) is 2.32. The molecule has 1 saturated heterocycles. The fraction of sp³-hybridized carbons (Fsp3) is 0.583. The van der Waals surface area contributed by atoms with Crippen LogP contribution in [0.5, 0.6) is 0 Å². The summed E-state index contributed by atoms with van der Waals surface area (Å²) in [6.07, 6.45) is 2.09. The smallest absolute Gasteiger partial charge is 0.346 e. The molecule has 1 atom stereocenters. The van der Waals surface area contributed by atoms with Crippen molar-refractivity contribution >= 4 is 39.1 Å². The lowest BCUT2D eigenvalue weighted by atomic mass is 10.1. The van der Waals surface area contributed by atoms with E-state index in [9.17, 15) is 13.2 Å². The first-order valence-electron chi connectivity index (χ1n) is 6.21. The SMILES string of the molecule is Cc1cc(S(=O)(=O)NCC2(C)CCCS2)sc1C(=O)O. The van der Waals surface area contributed by atoms with E-state index in [0.29, 0.717) is 12.1 Å². The quantitative estimate of drug-likeness (QED) is 0.863. The van der Waals surface area contributed by atoms with Crippen LogP contribution in [0.2, 0.25) is 0 Å². The monoisotopic (exact) mass is 335 g/mol. The van der Waals surface area contributed by atoms with Crippen molar-refractivity contribution in [3.8, 4) is 0 Å². The fourth-order valence-electron chi connectivity index (χ4n) is 2.09. The van der Waals surface area contributed by atoms with Crippen molar-refractivity contribution in [1.29, 1.82) is 0 Å². The number of aryl methyl sites for hydroxylation is 1. The van der Waals surface area contributed by atoms with Crippen LogP contribution >= 0.6 is 23.1 Å². The third-order valence-corrected chi connectivity index (χ3v) is 7.93. The molecule has 1 aromatic rings. The van der Waals surface area contributed by atoms with E-state index in [1.807, 2.05) is 0 Å². The van der Waals surface area contributed by atoms with Crippen LogP contribution in [0, 0.1) is 6.92 Å². The van der Waals surface area contributed by atoms with Crippen molar-refractivity contribution in [2.75, 3.05) is 12.3 Å². The van der Waals surface area contributed by atoms with Crippen molar-refractivity contribution in [3.05, 3.63) is 16.5 Å². The van der Waals surface area contributed by atoms with E-state index >= 15 is 0 Å². The summed E-state index contributed by atoms with van der Waals surface area (Å²) in [4.78, 5) is 11.0. The van der Waals surface area contributed by atoms with E-state index in [2.05, 4.69) is 11.6 Å². The van der Waals surface area contributed by atoms with E-state index in [0.717, 1.165) is 29.9 Å². The Bertz CT molecular complexity index is 615. The number of hydrogen-bond acceptors (Lipinski definition) is 5. The number of carboxylic acid groups (broad SMARTS) is 1. The highest BCUT2D eigenvalue weighted by molar-refractivity contribution is 8.01. The van der Waals surface area contributed by atoms with Gasteiger partial charge < -0.3 is 5.11 Å². The molecule has 2 rings (SSSR count). The summed E-state index contributed by atoms with van der Waals surface area (Å²) >= 11 is 2.58. The molecule has 8 heteroatoms. The maximum atomic E-state index is 12.2. The minimum atomic E-state index is -3.63. The minimum absolute atomic E-state index is 0.0605. The Balaban J connectivity index is 2.14. The van der Waals surface area contributed by atoms with Gasteiger partial charge in [-0.2, -0.15) is 11.8 Å². The molecule has 112 valence electrons. The fourth-order valence-corrected chi connectivity index (χ4v) is 6.02. The lowest BCUT2D eigenvalue weighted by molar-refractivity contribution is 0.0701. The van der Waals surface area contributed by atoms with E-state index < -0.39 is 16.0 Å². The molecule has 5 nitrogen and oxygen atoms in total. The number of thiophene rings is 1. The van der Waals surface area contributed by atoms with E-state index in [1.54, 1.807) is 18.7 Å². The Labute approximate surface area is 126 Å². The Morgan fingerprint density at radius 2 is 2.25 bits per heavy atom. The van der Waals surface area contributed by atoms with Crippen LogP contribution in [0.1, 0.15) is 35.0 Å². The molecule has 1 fully saturated rings. The molecule has 1 aliphatic heterocycles. The molecule has 0 spiro atoms. The summed E-state index contributed by atoms with van der Waals surface area (Å²) in [7, 11) is -3.63. The number of rotatable bonds is 5. The molecule has 0 amide bonds. The van der Waals surface area contributed by atoms with Gasteiger partial charge in [-0.3, -0.25) is 0 Å². The number of carboxylic acids is 1. The molecule has 2 heterocycles. The molecule has 0 saturated carbocycles. The topological polar surface area (TPSA) is 83.5 Å². The number of sulfonamides is 1. The van der Waals surface area contributed by atoms with Gasteiger partial charge in [0.15, 0.2) is 0 Å². The van der Waals surface area contributed by atoms with Gasteiger partial charge in [0.1, 0.15) is 9.09 Å². The molecule has 1 unspecified atom stereocenters. The van der Waals surface area contributed by atoms with Gasteiger partial charge in [-0.25, -0.2) is 17.9 Å². The summed E-state index contributed by atoms with van der Waals surface area (Å²) in [5, 5.41) is 8.98. The predicted molar refractivity (Wildman–Crippen MR) is 81.3 cm³/mol. The highest BCUT2D eigenvalue weighted by atomic mass is 32.2. The van der Waals surface area contributed by atoms with Gasteiger partial charge in [0.05, 0.1) is 0 Å². The molecular formula is C12H17NO4S3. The molecule has 0 radical (unpaired) electrons. The second kappa shape index (κ2) is 5.67. The van der Waals surface area contributed by atoms with Crippen LogP contribution in [0.15, 0.2) is 10.3 Å². The van der Waals surface area contributed by atoms with Crippen molar-refractivity contribution in [3.63, 3.8) is 0 Å². The number of hydrogen-bond donors (Lipinski definition) is 2. The Kier molecular flexibility index (Phi) is 4.48. The number of nitrogens with one attached hydrogen (secondary N) is 1. The lowest BCUT2D eigenvalue weighted by Gasteiger charge is -2.22. The number of thioether (sulfide) groups is 1. The normalized spacial score (nSPS) is 23.1. The molecule has 0 bridgehead atoms. The molecule has 20 heavy (non-hydrogen) atoms. The zero-order valence-electron chi connectivity index (χ0n) is 11.3. The summed E-state index contributed by atoms with van der Waals surface area (Å²) in [6, 6.07) is 1.42. The van der Waals surface area contributed by atoms with Crippen LogP contribution in [-0.4, -0.2) is 36.5 Å². The zero-order chi connectivity index (χ0) is 15.0. The molecule has 1 aromatic heterocycles. The first kappa shape index (κ1) is 15.8. The van der Waals surface area contributed by atoms with Crippen molar-refractivity contribution < 1.29 is 18.3 Å². The lowest BCUT2D eigenvalue weighted by Crippen LogP contribution is -2.36. The van der Waals surface area contributed by atoms with Gasteiger partial charge >= 0.3 is 5.97 Å². The molecule has 1 aliphatic rings. The third kappa shape index (κ3) is 3.36.